The van der Waals surface area contributed by atoms with Crippen molar-refractivity contribution in [2.45, 2.75) is 31.2 Å². The zero-order valence-electron chi connectivity index (χ0n) is 11.6. The van der Waals surface area contributed by atoms with Crippen LogP contribution in [0.25, 0.3) is 0 Å². The van der Waals surface area contributed by atoms with Gasteiger partial charge in [-0.15, -0.1) is 0 Å². The molecule has 1 aromatic rings. The Morgan fingerprint density at radius 1 is 1.21 bits per heavy atom. The summed E-state index contributed by atoms with van der Waals surface area (Å²) in [5.41, 5.74) is 9.15. The molecule has 1 aliphatic heterocycles. The van der Waals surface area contributed by atoms with Crippen LogP contribution in [0.4, 0.5) is 0 Å². The summed E-state index contributed by atoms with van der Waals surface area (Å²) < 4.78 is 5.40. The first-order valence-corrected chi connectivity index (χ1v) is 7.42. The molecule has 0 aromatic heterocycles. The molecule has 1 aromatic carbocycles. The van der Waals surface area contributed by atoms with Gasteiger partial charge in [-0.3, -0.25) is 4.90 Å². The van der Waals surface area contributed by atoms with Crippen LogP contribution in [0.3, 0.4) is 0 Å². The van der Waals surface area contributed by atoms with Gasteiger partial charge in [0.25, 0.3) is 0 Å². The van der Waals surface area contributed by atoms with Crippen LogP contribution >= 0.6 is 0 Å². The molecular weight excluding hydrogens is 236 g/mol. The molecule has 104 valence electrons. The third kappa shape index (κ3) is 2.69. The molecule has 0 atom stereocenters. The zero-order valence-corrected chi connectivity index (χ0v) is 11.6. The lowest BCUT2D eigenvalue weighted by Crippen LogP contribution is -2.41. The van der Waals surface area contributed by atoms with Crippen molar-refractivity contribution >= 4 is 0 Å². The van der Waals surface area contributed by atoms with Crippen LogP contribution in [0.1, 0.15) is 30.4 Å². The van der Waals surface area contributed by atoms with Crippen molar-refractivity contribution in [2.75, 3.05) is 32.8 Å². The normalized spacial score (nSPS) is 23.0. The molecule has 2 fully saturated rings. The molecule has 3 heteroatoms. The van der Waals surface area contributed by atoms with Crippen molar-refractivity contribution in [3.8, 4) is 0 Å². The summed E-state index contributed by atoms with van der Waals surface area (Å²) in [6.07, 6.45) is 3.83. The fraction of sp³-hybridized carbons (Fsp3) is 0.625. The molecule has 2 N–H and O–H groups in total. The average molecular weight is 260 g/mol. The van der Waals surface area contributed by atoms with Gasteiger partial charge in [-0.05, 0) is 24.0 Å². The van der Waals surface area contributed by atoms with Crippen LogP contribution in [0.15, 0.2) is 24.3 Å². The van der Waals surface area contributed by atoms with Crippen molar-refractivity contribution in [2.24, 2.45) is 5.73 Å². The SMILES string of the molecule is NCC1(c2cccc(CN3CCOCC3)c2)CCC1. The molecule has 1 aliphatic carbocycles. The fourth-order valence-electron chi connectivity index (χ4n) is 3.23. The highest BCUT2D eigenvalue weighted by Gasteiger charge is 2.37. The van der Waals surface area contributed by atoms with E-state index in [0.29, 0.717) is 0 Å². The number of hydrogen-bond acceptors (Lipinski definition) is 3. The maximum atomic E-state index is 6.01. The number of nitrogens with zero attached hydrogens (tertiary/aromatic N) is 1. The van der Waals surface area contributed by atoms with Gasteiger partial charge in [0.05, 0.1) is 13.2 Å². The molecule has 1 heterocycles. The molecule has 19 heavy (non-hydrogen) atoms. The molecule has 3 nitrogen and oxygen atoms in total. The first-order chi connectivity index (χ1) is 9.32. The van der Waals surface area contributed by atoms with Crippen LogP contribution in [0.2, 0.25) is 0 Å². The van der Waals surface area contributed by atoms with E-state index in [-0.39, 0.29) is 5.41 Å². The maximum Gasteiger partial charge on any atom is 0.0594 e. The van der Waals surface area contributed by atoms with Gasteiger partial charge in [0.2, 0.25) is 0 Å². The Hall–Kier alpha value is -0.900. The number of morpholine rings is 1. The van der Waals surface area contributed by atoms with Gasteiger partial charge < -0.3 is 10.5 Å². The van der Waals surface area contributed by atoms with E-state index in [1.54, 1.807) is 0 Å². The number of nitrogens with two attached hydrogens (primary N) is 1. The molecule has 1 saturated heterocycles. The standard InChI is InChI=1S/C16H24N2O/c17-13-16(5-2-6-16)15-4-1-3-14(11-15)12-18-7-9-19-10-8-18/h1,3-4,11H,2,5-10,12-13,17H2. The lowest BCUT2D eigenvalue weighted by molar-refractivity contribution is 0.0341. The van der Waals surface area contributed by atoms with Crippen molar-refractivity contribution in [3.05, 3.63) is 35.4 Å². The summed E-state index contributed by atoms with van der Waals surface area (Å²) in [4.78, 5) is 2.47. The van der Waals surface area contributed by atoms with E-state index in [0.717, 1.165) is 39.4 Å². The van der Waals surface area contributed by atoms with E-state index in [9.17, 15) is 0 Å². The van der Waals surface area contributed by atoms with Gasteiger partial charge in [-0.1, -0.05) is 30.7 Å². The first-order valence-electron chi connectivity index (χ1n) is 7.42. The lowest BCUT2D eigenvalue weighted by Gasteiger charge is -2.41. The Bertz CT molecular complexity index is 417. The molecule has 0 radical (unpaired) electrons. The zero-order chi connectivity index (χ0) is 13.1. The van der Waals surface area contributed by atoms with Gasteiger partial charge >= 0.3 is 0 Å². The quantitative estimate of drug-likeness (QED) is 0.898. The molecule has 0 spiro atoms. The predicted molar refractivity (Wildman–Crippen MR) is 77.1 cm³/mol. The maximum absolute atomic E-state index is 6.01. The third-order valence-electron chi connectivity index (χ3n) is 4.75. The minimum atomic E-state index is 0.279. The van der Waals surface area contributed by atoms with Crippen LogP contribution in [-0.2, 0) is 16.7 Å². The highest BCUT2D eigenvalue weighted by atomic mass is 16.5. The summed E-state index contributed by atoms with van der Waals surface area (Å²) in [5, 5.41) is 0. The lowest BCUT2D eigenvalue weighted by atomic mass is 9.64. The van der Waals surface area contributed by atoms with E-state index in [1.807, 2.05) is 0 Å². The summed E-state index contributed by atoms with van der Waals surface area (Å²) in [6.45, 7) is 5.66. The number of hydrogen-bond donors (Lipinski definition) is 1. The molecule has 0 amide bonds. The fourth-order valence-corrected chi connectivity index (χ4v) is 3.23. The average Bonchev–Trinajstić information content (AvgIpc) is 2.40. The second kappa shape index (κ2) is 5.61. The highest BCUT2D eigenvalue weighted by Crippen LogP contribution is 2.42. The van der Waals surface area contributed by atoms with E-state index in [2.05, 4.69) is 29.2 Å². The van der Waals surface area contributed by atoms with E-state index < -0.39 is 0 Å². The van der Waals surface area contributed by atoms with Crippen LogP contribution < -0.4 is 5.73 Å². The van der Waals surface area contributed by atoms with Crippen LogP contribution in [0, 0.1) is 0 Å². The van der Waals surface area contributed by atoms with E-state index in [4.69, 9.17) is 10.5 Å². The smallest absolute Gasteiger partial charge is 0.0594 e. The van der Waals surface area contributed by atoms with E-state index in [1.165, 1.54) is 30.4 Å². The largest absolute Gasteiger partial charge is 0.379 e. The summed E-state index contributed by atoms with van der Waals surface area (Å²) in [6, 6.07) is 9.07. The van der Waals surface area contributed by atoms with Crippen molar-refractivity contribution in [1.29, 1.82) is 0 Å². The third-order valence-corrected chi connectivity index (χ3v) is 4.75. The summed E-state index contributed by atoms with van der Waals surface area (Å²) in [5.74, 6) is 0. The van der Waals surface area contributed by atoms with Crippen molar-refractivity contribution in [1.82, 2.24) is 4.90 Å². The van der Waals surface area contributed by atoms with E-state index >= 15 is 0 Å². The van der Waals surface area contributed by atoms with Crippen LogP contribution in [0.5, 0.6) is 0 Å². The minimum absolute atomic E-state index is 0.279. The monoisotopic (exact) mass is 260 g/mol. The molecule has 0 unspecified atom stereocenters. The molecule has 1 saturated carbocycles. The number of ether oxygens (including phenoxy) is 1. The van der Waals surface area contributed by atoms with Gasteiger partial charge in [-0.25, -0.2) is 0 Å². The Labute approximate surface area is 115 Å². The second-order valence-electron chi connectivity index (χ2n) is 5.93. The van der Waals surface area contributed by atoms with Gasteiger partial charge in [0, 0.05) is 31.6 Å². The Morgan fingerprint density at radius 2 is 2.00 bits per heavy atom. The highest BCUT2D eigenvalue weighted by molar-refractivity contribution is 5.32. The second-order valence-corrected chi connectivity index (χ2v) is 5.93. The van der Waals surface area contributed by atoms with Gasteiger partial charge in [0.1, 0.15) is 0 Å². The number of benzene rings is 1. The van der Waals surface area contributed by atoms with Crippen molar-refractivity contribution < 1.29 is 4.74 Å². The Balaban J connectivity index is 1.72. The summed E-state index contributed by atoms with van der Waals surface area (Å²) in [7, 11) is 0. The van der Waals surface area contributed by atoms with Gasteiger partial charge in [-0.2, -0.15) is 0 Å². The van der Waals surface area contributed by atoms with Crippen LogP contribution in [-0.4, -0.2) is 37.7 Å². The predicted octanol–water partition coefficient (Wildman–Crippen LogP) is 1.90. The molecular formula is C16H24N2O. The first kappa shape index (κ1) is 13.1. The Morgan fingerprint density at radius 3 is 2.63 bits per heavy atom. The summed E-state index contributed by atoms with van der Waals surface area (Å²) >= 11 is 0. The number of rotatable bonds is 4. The Kier molecular flexibility index (Phi) is 3.87. The van der Waals surface area contributed by atoms with Crippen molar-refractivity contribution in [3.63, 3.8) is 0 Å². The minimum Gasteiger partial charge on any atom is -0.379 e. The molecule has 0 bridgehead atoms. The van der Waals surface area contributed by atoms with Gasteiger partial charge in [0.15, 0.2) is 0 Å². The topological polar surface area (TPSA) is 38.5 Å². The molecule has 2 aliphatic rings. The molecule has 3 rings (SSSR count).